The summed E-state index contributed by atoms with van der Waals surface area (Å²) < 4.78 is 1.75. The van der Waals surface area contributed by atoms with Gasteiger partial charge >= 0.3 is 0 Å². The molecular formula is C21H29N3O. The zero-order valence-electron chi connectivity index (χ0n) is 16.2. The predicted octanol–water partition coefficient (Wildman–Crippen LogP) is 3.98. The third kappa shape index (κ3) is 3.35. The Labute approximate surface area is 150 Å². The van der Waals surface area contributed by atoms with Crippen LogP contribution in [0.3, 0.4) is 0 Å². The number of amides is 1. The number of nitrogens with zero attached hydrogens (tertiary/aromatic N) is 3. The molecule has 1 unspecified atom stereocenters. The van der Waals surface area contributed by atoms with Gasteiger partial charge in [0.2, 0.25) is 0 Å². The summed E-state index contributed by atoms with van der Waals surface area (Å²) in [6, 6.07) is 10.5. The average Bonchev–Trinajstić information content (AvgIpc) is 3.07. The maximum Gasteiger partial charge on any atom is 0.257 e. The highest BCUT2D eigenvalue weighted by Gasteiger charge is 2.43. The van der Waals surface area contributed by atoms with E-state index in [9.17, 15) is 4.79 Å². The molecule has 1 aromatic heterocycles. The SMILES string of the molecule is Cn1cc(C(=O)N2CC(c3ccccc3)C(C)(C)C2)c(C(C)(C)C)n1. The lowest BCUT2D eigenvalue weighted by molar-refractivity contribution is 0.0775. The third-order valence-corrected chi connectivity index (χ3v) is 5.20. The number of aromatic nitrogens is 2. The van der Waals surface area contributed by atoms with Gasteiger partial charge in [-0.3, -0.25) is 9.48 Å². The summed E-state index contributed by atoms with van der Waals surface area (Å²) in [5.74, 6) is 0.455. The molecule has 1 saturated heterocycles. The van der Waals surface area contributed by atoms with Crippen LogP contribution in [0.4, 0.5) is 0 Å². The number of hydrogen-bond donors (Lipinski definition) is 0. The zero-order valence-corrected chi connectivity index (χ0v) is 16.2. The Morgan fingerprint density at radius 1 is 1.20 bits per heavy atom. The van der Waals surface area contributed by atoms with Crippen molar-refractivity contribution in [3.8, 4) is 0 Å². The smallest absolute Gasteiger partial charge is 0.257 e. The number of aryl methyl sites for hydroxylation is 1. The molecule has 0 saturated carbocycles. The minimum Gasteiger partial charge on any atom is -0.337 e. The van der Waals surface area contributed by atoms with Gasteiger partial charge in [-0.05, 0) is 11.0 Å². The summed E-state index contributed by atoms with van der Waals surface area (Å²) in [5.41, 5.74) is 2.83. The van der Waals surface area contributed by atoms with Crippen LogP contribution in [0.2, 0.25) is 0 Å². The molecule has 0 radical (unpaired) electrons. The van der Waals surface area contributed by atoms with E-state index < -0.39 is 0 Å². The molecule has 1 aromatic carbocycles. The first kappa shape index (κ1) is 17.7. The molecule has 1 aliphatic heterocycles. The number of likely N-dealkylation sites (tertiary alicyclic amines) is 1. The van der Waals surface area contributed by atoms with Crippen molar-refractivity contribution in [1.82, 2.24) is 14.7 Å². The quantitative estimate of drug-likeness (QED) is 0.830. The van der Waals surface area contributed by atoms with Gasteiger partial charge in [-0.1, -0.05) is 65.0 Å². The van der Waals surface area contributed by atoms with Gasteiger partial charge in [-0.2, -0.15) is 5.10 Å². The molecular weight excluding hydrogens is 310 g/mol. The Hall–Kier alpha value is -2.10. The molecule has 1 fully saturated rings. The van der Waals surface area contributed by atoms with Crippen LogP contribution in [0.25, 0.3) is 0 Å². The summed E-state index contributed by atoms with van der Waals surface area (Å²) >= 11 is 0. The fourth-order valence-electron chi connectivity index (χ4n) is 3.90. The van der Waals surface area contributed by atoms with Crippen LogP contribution < -0.4 is 0 Å². The first-order valence-corrected chi connectivity index (χ1v) is 8.98. The Morgan fingerprint density at radius 2 is 1.84 bits per heavy atom. The van der Waals surface area contributed by atoms with E-state index in [2.05, 4.69) is 64.0 Å². The number of benzene rings is 1. The minimum absolute atomic E-state index is 0.0567. The van der Waals surface area contributed by atoms with Crippen molar-refractivity contribution >= 4 is 5.91 Å². The Kier molecular flexibility index (Phi) is 4.26. The van der Waals surface area contributed by atoms with E-state index in [1.54, 1.807) is 4.68 Å². The van der Waals surface area contributed by atoms with Gasteiger partial charge in [-0.25, -0.2) is 0 Å². The number of carbonyl (C=O) groups is 1. The molecule has 2 heterocycles. The lowest BCUT2D eigenvalue weighted by Gasteiger charge is -2.25. The molecule has 0 spiro atoms. The van der Waals surface area contributed by atoms with Gasteiger partial charge in [0.25, 0.3) is 5.91 Å². The van der Waals surface area contributed by atoms with Crippen molar-refractivity contribution in [2.75, 3.05) is 13.1 Å². The van der Waals surface area contributed by atoms with Crippen molar-refractivity contribution in [2.45, 2.75) is 46.0 Å². The van der Waals surface area contributed by atoms with Gasteiger partial charge in [0.15, 0.2) is 0 Å². The van der Waals surface area contributed by atoms with Crippen LogP contribution in [-0.2, 0) is 12.5 Å². The van der Waals surface area contributed by atoms with Crippen LogP contribution in [0.5, 0.6) is 0 Å². The van der Waals surface area contributed by atoms with Crippen molar-refractivity contribution in [1.29, 1.82) is 0 Å². The second-order valence-electron chi connectivity index (χ2n) is 8.95. The minimum atomic E-state index is -0.152. The predicted molar refractivity (Wildman–Crippen MR) is 101 cm³/mol. The van der Waals surface area contributed by atoms with E-state index in [-0.39, 0.29) is 16.7 Å². The van der Waals surface area contributed by atoms with Gasteiger partial charge in [0, 0.05) is 37.7 Å². The topological polar surface area (TPSA) is 38.1 Å². The van der Waals surface area contributed by atoms with E-state index in [4.69, 9.17) is 0 Å². The molecule has 2 aromatic rings. The largest absolute Gasteiger partial charge is 0.337 e. The Balaban J connectivity index is 1.90. The molecule has 1 atom stereocenters. The zero-order chi connectivity index (χ0) is 18.4. The van der Waals surface area contributed by atoms with E-state index in [1.165, 1.54) is 5.56 Å². The Morgan fingerprint density at radius 3 is 2.44 bits per heavy atom. The molecule has 0 aliphatic carbocycles. The molecule has 0 N–H and O–H groups in total. The van der Waals surface area contributed by atoms with E-state index in [1.807, 2.05) is 24.2 Å². The second-order valence-corrected chi connectivity index (χ2v) is 8.95. The van der Waals surface area contributed by atoms with Gasteiger partial charge in [0.1, 0.15) is 0 Å². The average molecular weight is 339 g/mol. The van der Waals surface area contributed by atoms with Crippen LogP contribution in [0.1, 0.15) is 62.2 Å². The number of rotatable bonds is 2. The molecule has 4 heteroatoms. The normalized spacial score (nSPS) is 20.1. The van der Waals surface area contributed by atoms with Crippen molar-refractivity contribution < 1.29 is 4.79 Å². The van der Waals surface area contributed by atoms with E-state index in [0.29, 0.717) is 5.92 Å². The summed E-state index contributed by atoms with van der Waals surface area (Å²) in [6.45, 7) is 12.3. The summed E-state index contributed by atoms with van der Waals surface area (Å²) in [6.07, 6.45) is 1.87. The van der Waals surface area contributed by atoms with Crippen molar-refractivity contribution in [3.63, 3.8) is 0 Å². The van der Waals surface area contributed by atoms with Crippen molar-refractivity contribution in [2.24, 2.45) is 12.5 Å². The van der Waals surface area contributed by atoms with Crippen molar-refractivity contribution in [3.05, 3.63) is 53.3 Å². The van der Waals surface area contributed by atoms with Gasteiger partial charge < -0.3 is 4.90 Å². The standard InChI is InChI=1S/C21H29N3O/c1-20(2,3)18-16(12-23(6)22-18)19(25)24-13-17(21(4,5)14-24)15-10-8-7-9-11-15/h7-12,17H,13-14H2,1-6H3. The maximum atomic E-state index is 13.3. The summed E-state index contributed by atoms with van der Waals surface area (Å²) in [4.78, 5) is 15.3. The monoisotopic (exact) mass is 339 g/mol. The third-order valence-electron chi connectivity index (χ3n) is 5.20. The van der Waals surface area contributed by atoms with Gasteiger partial charge in [-0.15, -0.1) is 0 Å². The molecule has 1 amide bonds. The summed E-state index contributed by atoms with van der Waals surface area (Å²) in [7, 11) is 1.88. The highest BCUT2D eigenvalue weighted by atomic mass is 16.2. The van der Waals surface area contributed by atoms with Crippen LogP contribution in [0, 0.1) is 5.41 Å². The number of carbonyl (C=O) groups excluding carboxylic acids is 1. The molecule has 134 valence electrons. The first-order valence-electron chi connectivity index (χ1n) is 8.98. The molecule has 1 aliphatic rings. The fourth-order valence-corrected chi connectivity index (χ4v) is 3.90. The van der Waals surface area contributed by atoms with Gasteiger partial charge in [0.05, 0.1) is 11.3 Å². The maximum absolute atomic E-state index is 13.3. The van der Waals surface area contributed by atoms with E-state index >= 15 is 0 Å². The lowest BCUT2D eigenvalue weighted by atomic mass is 9.78. The molecule has 3 rings (SSSR count). The Bertz CT molecular complexity index is 768. The number of hydrogen-bond acceptors (Lipinski definition) is 2. The van der Waals surface area contributed by atoms with Crippen LogP contribution >= 0.6 is 0 Å². The van der Waals surface area contributed by atoms with E-state index in [0.717, 1.165) is 24.3 Å². The molecule has 0 bridgehead atoms. The first-order chi connectivity index (χ1) is 11.6. The fraction of sp³-hybridized carbons (Fsp3) is 0.524. The second kappa shape index (κ2) is 6.01. The van der Waals surface area contributed by atoms with Crippen LogP contribution in [-0.4, -0.2) is 33.7 Å². The summed E-state index contributed by atoms with van der Waals surface area (Å²) in [5, 5.41) is 4.56. The highest BCUT2D eigenvalue weighted by molar-refractivity contribution is 5.95. The van der Waals surface area contributed by atoms with Crippen LogP contribution in [0.15, 0.2) is 36.5 Å². The molecule has 25 heavy (non-hydrogen) atoms. The highest BCUT2D eigenvalue weighted by Crippen LogP contribution is 2.43. The molecule has 4 nitrogen and oxygen atoms in total. The lowest BCUT2D eigenvalue weighted by Crippen LogP contribution is -2.31.